The number of thioether (sulfide) groups is 1. The van der Waals surface area contributed by atoms with Crippen molar-refractivity contribution in [3.63, 3.8) is 0 Å². The van der Waals surface area contributed by atoms with Crippen LogP contribution in [0.4, 0.5) is 5.95 Å². The highest BCUT2D eigenvalue weighted by atomic mass is 32.2. The van der Waals surface area contributed by atoms with Crippen molar-refractivity contribution in [3.8, 4) is 0 Å². The predicted molar refractivity (Wildman–Crippen MR) is 77.0 cm³/mol. The highest BCUT2D eigenvalue weighted by Crippen LogP contribution is 2.25. The van der Waals surface area contributed by atoms with E-state index in [0.29, 0.717) is 5.95 Å². The lowest BCUT2D eigenvalue weighted by atomic mass is 10.4. The standard InChI is InChI=1S/C12H20N6S/c1-5-17-10(6-9(4)16-17)7-19-12-15-14-11(13)18(12)8(2)3/h6,8H,5,7H2,1-4H3,(H2,13,14). The van der Waals surface area contributed by atoms with Crippen molar-refractivity contribution in [2.75, 3.05) is 5.73 Å². The topological polar surface area (TPSA) is 74.6 Å². The zero-order valence-corrected chi connectivity index (χ0v) is 12.6. The molecule has 0 saturated carbocycles. The van der Waals surface area contributed by atoms with Gasteiger partial charge in [-0.3, -0.25) is 9.25 Å². The van der Waals surface area contributed by atoms with Gasteiger partial charge >= 0.3 is 0 Å². The summed E-state index contributed by atoms with van der Waals surface area (Å²) in [6.45, 7) is 9.13. The van der Waals surface area contributed by atoms with E-state index >= 15 is 0 Å². The Balaban J connectivity index is 2.14. The number of aryl methyl sites for hydroxylation is 2. The summed E-state index contributed by atoms with van der Waals surface area (Å²) in [4.78, 5) is 0. The third kappa shape index (κ3) is 2.91. The number of nitrogen functional groups attached to an aromatic ring is 1. The van der Waals surface area contributed by atoms with E-state index < -0.39 is 0 Å². The first kappa shape index (κ1) is 13.9. The van der Waals surface area contributed by atoms with Crippen LogP contribution in [0, 0.1) is 6.92 Å². The lowest BCUT2D eigenvalue weighted by molar-refractivity contribution is 0.556. The second-order valence-corrected chi connectivity index (χ2v) is 5.63. The van der Waals surface area contributed by atoms with Gasteiger partial charge in [-0.25, -0.2) is 0 Å². The quantitative estimate of drug-likeness (QED) is 0.850. The maximum Gasteiger partial charge on any atom is 0.222 e. The molecule has 0 amide bonds. The molecule has 6 nitrogen and oxygen atoms in total. The number of hydrogen-bond donors (Lipinski definition) is 1. The molecule has 0 saturated heterocycles. The van der Waals surface area contributed by atoms with E-state index in [0.717, 1.165) is 23.1 Å². The van der Waals surface area contributed by atoms with E-state index in [2.05, 4.69) is 42.1 Å². The Labute approximate surface area is 117 Å². The van der Waals surface area contributed by atoms with Gasteiger partial charge in [0.05, 0.1) is 5.69 Å². The van der Waals surface area contributed by atoms with Crippen LogP contribution in [0.1, 0.15) is 38.2 Å². The molecule has 0 unspecified atom stereocenters. The molecule has 7 heteroatoms. The second-order valence-electron chi connectivity index (χ2n) is 4.69. The van der Waals surface area contributed by atoms with Crippen LogP contribution in [0.25, 0.3) is 0 Å². The van der Waals surface area contributed by atoms with E-state index in [9.17, 15) is 0 Å². The van der Waals surface area contributed by atoms with Gasteiger partial charge in [0.2, 0.25) is 5.95 Å². The molecule has 19 heavy (non-hydrogen) atoms. The number of anilines is 1. The van der Waals surface area contributed by atoms with Gasteiger partial charge in [-0.05, 0) is 33.8 Å². The molecule has 0 radical (unpaired) electrons. The molecule has 2 heterocycles. The molecular formula is C12H20N6S. The summed E-state index contributed by atoms with van der Waals surface area (Å²) in [5.41, 5.74) is 8.07. The molecule has 2 aromatic rings. The van der Waals surface area contributed by atoms with Crippen LogP contribution in [-0.4, -0.2) is 24.5 Å². The van der Waals surface area contributed by atoms with Gasteiger partial charge in [0.15, 0.2) is 5.16 Å². The van der Waals surface area contributed by atoms with Gasteiger partial charge in [0.25, 0.3) is 0 Å². The van der Waals surface area contributed by atoms with Crippen LogP contribution in [0.3, 0.4) is 0 Å². The number of rotatable bonds is 5. The van der Waals surface area contributed by atoms with Crippen LogP contribution in [0.15, 0.2) is 11.2 Å². The van der Waals surface area contributed by atoms with Crippen LogP contribution in [-0.2, 0) is 12.3 Å². The van der Waals surface area contributed by atoms with E-state index in [1.807, 2.05) is 16.2 Å². The molecular weight excluding hydrogens is 260 g/mol. The molecule has 0 aliphatic carbocycles. The van der Waals surface area contributed by atoms with Crippen LogP contribution < -0.4 is 5.73 Å². The molecule has 0 fully saturated rings. The Morgan fingerprint density at radius 3 is 2.74 bits per heavy atom. The molecule has 0 spiro atoms. The van der Waals surface area contributed by atoms with Crippen molar-refractivity contribution in [2.24, 2.45) is 0 Å². The fourth-order valence-corrected chi connectivity index (χ4v) is 3.05. The highest BCUT2D eigenvalue weighted by Gasteiger charge is 2.14. The van der Waals surface area contributed by atoms with Crippen LogP contribution in [0.5, 0.6) is 0 Å². The molecule has 104 valence electrons. The number of hydrogen-bond acceptors (Lipinski definition) is 5. The maximum atomic E-state index is 5.83. The molecule has 0 atom stereocenters. The first-order valence-corrected chi connectivity index (χ1v) is 7.38. The van der Waals surface area contributed by atoms with Crippen molar-refractivity contribution in [1.82, 2.24) is 24.5 Å². The Bertz CT molecular complexity index is 557. The third-order valence-corrected chi connectivity index (χ3v) is 3.82. The van der Waals surface area contributed by atoms with Crippen LogP contribution in [0.2, 0.25) is 0 Å². The molecule has 0 aromatic carbocycles. The first-order chi connectivity index (χ1) is 9.02. The van der Waals surface area contributed by atoms with Gasteiger partial charge in [0.1, 0.15) is 0 Å². The Morgan fingerprint density at radius 2 is 2.11 bits per heavy atom. The summed E-state index contributed by atoms with van der Waals surface area (Å²) in [5.74, 6) is 1.29. The smallest absolute Gasteiger partial charge is 0.222 e. The summed E-state index contributed by atoms with van der Waals surface area (Å²) in [6, 6.07) is 2.37. The monoisotopic (exact) mass is 280 g/mol. The third-order valence-electron chi connectivity index (χ3n) is 2.84. The summed E-state index contributed by atoms with van der Waals surface area (Å²) in [7, 11) is 0. The van der Waals surface area contributed by atoms with Crippen molar-refractivity contribution in [3.05, 3.63) is 17.5 Å². The minimum absolute atomic E-state index is 0.260. The number of aromatic nitrogens is 5. The summed E-state index contributed by atoms with van der Waals surface area (Å²) in [6.07, 6.45) is 0. The van der Waals surface area contributed by atoms with E-state index in [1.54, 1.807) is 11.8 Å². The fraction of sp³-hybridized carbons (Fsp3) is 0.583. The lowest BCUT2D eigenvalue weighted by Gasteiger charge is -2.11. The van der Waals surface area contributed by atoms with E-state index in [4.69, 9.17) is 5.73 Å². The minimum Gasteiger partial charge on any atom is -0.368 e. The van der Waals surface area contributed by atoms with Crippen molar-refractivity contribution < 1.29 is 0 Å². The van der Waals surface area contributed by atoms with Gasteiger partial charge in [-0.2, -0.15) is 5.10 Å². The van der Waals surface area contributed by atoms with Gasteiger partial charge < -0.3 is 5.73 Å². The second kappa shape index (κ2) is 5.64. The molecule has 0 aliphatic rings. The Morgan fingerprint density at radius 1 is 1.37 bits per heavy atom. The zero-order chi connectivity index (χ0) is 14.0. The molecule has 2 N–H and O–H groups in total. The summed E-state index contributed by atoms with van der Waals surface area (Å²) < 4.78 is 3.96. The zero-order valence-electron chi connectivity index (χ0n) is 11.8. The number of nitrogens with zero attached hydrogens (tertiary/aromatic N) is 5. The average Bonchev–Trinajstić information content (AvgIpc) is 2.89. The Kier molecular flexibility index (Phi) is 4.14. The highest BCUT2D eigenvalue weighted by molar-refractivity contribution is 7.98. The predicted octanol–water partition coefficient (Wildman–Crippen LogP) is 2.26. The van der Waals surface area contributed by atoms with E-state index in [-0.39, 0.29) is 6.04 Å². The molecule has 0 bridgehead atoms. The van der Waals surface area contributed by atoms with Crippen molar-refractivity contribution in [2.45, 2.75) is 51.2 Å². The van der Waals surface area contributed by atoms with Crippen molar-refractivity contribution in [1.29, 1.82) is 0 Å². The normalized spacial score (nSPS) is 11.4. The largest absolute Gasteiger partial charge is 0.368 e. The molecule has 0 aliphatic heterocycles. The van der Waals surface area contributed by atoms with Crippen molar-refractivity contribution >= 4 is 17.7 Å². The SMILES string of the molecule is CCn1nc(C)cc1CSc1nnc(N)n1C(C)C. The molecule has 2 aromatic heterocycles. The van der Waals surface area contributed by atoms with Gasteiger partial charge in [-0.15, -0.1) is 10.2 Å². The fourth-order valence-electron chi connectivity index (χ4n) is 2.00. The summed E-state index contributed by atoms with van der Waals surface area (Å²) >= 11 is 1.64. The average molecular weight is 280 g/mol. The van der Waals surface area contributed by atoms with Crippen LogP contribution >= 0.6 is 11.8 Å². The number of nitrogens with two attached hydrogens (primary N) is 1. The van der Waals surface area contributed by atoms with E-state index in [1.165, 1.54) is 5.69 Å². The lowest BCUT2D eigenvalue weighted by Crippen LogP contribution is -2.07. The van der Waals surface area contributed by atoms with Gasteiger partial charge in [0, 0.05) is 24.0 Å². The minimum atomic E-state index is 0.260. The Hall–Kier alpha value is -1.50. The summed E-state index contributed by atoms with van der Waals surface area (Å²) in [5, 5.41) is 13.4. The van der Waals surface area contributed by atoms with Gasteiger partial charge in [-0.1, -0.05) is 11.8 Å². The first-order valence-electron chi connectivity index (χ1n) is 6.39. The maximum absolute atomic E-state index is 5.83. The molecule has 2 rings (SSSR count).